The van der Waals surface area contributed by atoms with Crippen LogP contribution in [-0.2, 0) is 13.0 Å². The smallest absolute Gasteiger partial charge is 0.191 e. The van der Waals surface area contributed by atoms with E-state index < -0.39 is 0 Å². The molecule has 0 amide bonds. The fraction of sp³-hybridized carbons (Fsp3) is 0.409. The van der Waals surface area contributed by atoms with Gasteiger partial charge in [0.2, 0.25) is 0 Å². The van der Waals surface area contributed by atoms with Gasteiger partial charge in [-0.25, -0.2) is 9.67 Å². The molecule has 30 heavy (non-hydrogen) atoms. The average molecular weight is 425 g/mol. The van der Waals surface area contributed by atoms with E-state index in [2.05, 4.69) is 45.0 Å². The topological polar surface area (TPSA) is 80.3 Å². The van der Waals surface area contributed by atoms with E-state index in [1.54, 1.807) is 6.26 Å². The number of aliphatic imine (C=N–C) groups is 1. The summed E-state index contributed by atoms with van der Waals surface area (Å²) in [5.41, 5.74) is 0. The van der Waals surface area contributed by atoms with Crippen LogP contribution in [0.3, 0.4) is 0 Å². The number of furan rings is 1. The summed E-state index contributed by atoms with van der Waals surface area (Å²) in [6, 6.07) is 14.5. The van der Waals surface area contributed by atoms with Gasteiger partial charge in [0, 0.05) is 36.7 Å². The van der Waals surface area contributed by atoms with Crippen LogP contribution < -0.4 is 10.6 Å². The molecule has 158 valence electrons. The summed E-state index contributed by atoms with van der Waals surface area (Å²) in [5, 5.41) is 11.6. The fourth-order valence-electron chi connectivity index (χ4n) is 3.51. The number of rotatable bonds is 8. The Morgan fingerprint density at radius 1 is 1.27 bits per heavy atom. The van der Waals surface area contributed by atoms with Crippen molar-refractivity contribution in [2.45, 2.75) is 43.7 Å². The minimum atomic E-state index is 0.122. The Kier molecular flexibility index (Phi) is 7.07. The van der Waals surface area contributed by atoms with Crippen LogP contribution in [0, 0.1) is 6.92 Å². The SMILES string of the molecule is Cc1nc2n(n1)CCCC2NC(=NCCc1ccco1)NCCSc1ccccc1. The number of guanidine groups is 1. The Morgan fingerprint density at radius 2 is 2.17 bits per heavy atom. The molecule has 0 fully saturated rings. The van der Waals surface area contributed by atoms with Gasteiger partial charge < -0.3 is 15.1 Å². The molecule has 0 bridgehead atoms. The highest BCUT2D eigenvalue weighted by Gasteiger charge is 2.24. The van der Waals surface area contributed by atoms with Gasteiger partial charge in [0.15, 0.2) is 5.96 Å². The number of aromatic nitrogens is 3. The van der Waals surface area contributed by atoms with Gasteiger partial charge in [-0.05, 0) is 44.0 Å². The molecular weight excluding hydrogens is 396 g/mol. The van der Waals surface area contributed by atoms with E-state index in [4.69, 9.17) is 9.41 Å². The van der Waals surface area contributed by atoms with Crippen LogP contribution >= 0.6 is 11.8 Å². The second-order valence-corrected chi connectivity index (χ2v) is 8.40. The minimum absolute atomic E-state index is 0.122. The van der Waals surface area contributed by atoms with Gasteiger partial charge in [-0.3, -0.25) is 4.99 Å². The van der Waals surface area contributed by atoms with Crippen LogP contribution in [0.5, 0.6) is 0 Å². The van der Waals surface area contributed by atoms with Crippen LogP contribution in [-0.4, -0.2) is 39.6 Å². The van der Waals surface area contributed by atoms with Crippen molar-refractivity contribution in [2.24, 2.45) is 4.99 Å². The Bertz CT molecular complexity index is 938. The second kappa shape index (κ2) is 10.3. The molecule has 0 saturated carbocycles. The molecule has 8 heteroatoms. The summed E-state index contributed by atoms with van der Waals surface area (Å²) in [7, 11) is 0. The first kappa shape index (κ1) is 20.5. The zero-order valence-electron chi connectivity index (χ0n) is 17.3. The van der Waals surface area contributed by atoms with Crippen LogP contribution in [0.4, 0.5) is 0 Å². The molecule has 0 spiro atoms. The largest absolute Gasteiger partial charge is 0.469 e. The normalized spacial score (nSPS) is 16.3. The van der Waals surface area contributed by atoms with Crippen LogP contribution in [0.1, 0.15) is 36.3 Å². The third-order valence-corrected chi connectivity index (χ3v) is 5.92. The molecule has 1 unspecified atom stereocenters. The zero-order chi connectivity index (χ0) is 20.6. The number of nitrogens with zero attached hydrogens (tertiary/aromatic N) is 4. The average Bonchev–Trinajstić information content (AvgIpc) is 3.41. The summed E-state index contributed by atoms with van der Waals surface area (Å²) in [5.74, 6) is 4.54. The van der Waals surface area contributed by atoms with Crippen molar-refractivity contribution < 1.29 is 4.42 Å². The number of hydrogen-bond acceptors (Lipinski definition) is 5. The van der Waals surface area contributed by atoms with Crippen molar-refractivity contribution in [3.63, 3.8) is 0 Å². The molecule has 3 aromatic rings. The van der Waals surface area contributed by atoms with Crippen molar-refractivity contribution in [2.75, 3.05) is 18.8 Å². The Balaban J connectivity index is 1.36. The lowest BCUT2D eigenvalue weighted by atomic mass is 10.1. The number of fused-ring (bicyclic) bond motifs is 1. The number of aryl methyl sites for hydroxylation is 2. The maximum absolute atomic E-state index is 5.43. The number of hydrogen-bond donors (Lipinski definition) is 2. The first-order valence-electron chi connectivity index (χ1n) is 10.4. The highest BCUT2D eigenvalue weighted by Crippen LogP contribution is 2.23. The van der Waals surface area contributed by atoms with Crippen LogP contribution in [0.2, 0.25) is 0 Å². The number of benzene rings is 1. The van der Waals surface area contributed by atoms with Gasteiger partial charge in [-0.15, -0.1) is 11.8 Å². The van der Waals surface area contributed by atoms with Gasteiger partial charge in [0.1, 0.15) is 17.4 Å². The lowest BCUT2D eigenvalue weighted by molar-refractivity contribution is 0.397. The summed E-state index contributed by atoms with van der Waals surface area (Å²) in [4.78, 5) is 10.7. The van der Waals surface area contributed by atoms with E-state index in [1.165, 1.54) is 4.90 Å². The molecule has 7 nitrogen and oxygen atoms in total. The third-order valence-electron chi connectivity index (χ3n) is 4.91. The van der Waals surface area contributed by atoms with Crippen LogP contribution in [0.25, 0.3) is 0 Å². The van der Waals surface area contributed by atoms with E-state index in [0.717, 1.165) is 61.5 Å². The molecule has 2 N–H and O–H groups in total. The van der Waals surface area contributed by atoms with Gasteiger partial charge in [-0.2, -0.15) is 5.10 Å². The summed E-state index contributed by atoms with van der Waals surface area (Å²) < 4.78 is 7.44. The molecule has 4 rings (SSSR count). The Morgan fingerprint density at radius 3 is 3.00 bits per heavy atom. The van der Waals surface area contributed by atoms with Crippen molar-refractivity contribution >= 4 is 17.7 Å². The Hall–Kier alpha value is -2.74. The van der Waals surface area contributed by atoms with E-state index in [9.17, 15) is 0 Å². The van der Waals surface area contributed by atoms with E-state index in [1.807, 2.05) is 41.6 Å². The van der Waals surface area contributed by atoms with Crippen molar-refractivity contribution in [3.05, 3.63) is 66.1 Å². The molecule has 0 radical (unpaired) electrons. The molecule has 1 atom stereocenters. The standard InChI is InChI=1S/C22H28N6OS/c1-17-25-21-20(10-5-14-28(21)27-17)26-22(23-12-11-18-7-6-15-29-18)24-13-16-30-19-8-3-2-4-9-19/h2-4,6-9,15,20H,5,10-14,16H2,1H3,(H2,23,24,26). The van der Waals surface area contributed by atoms with Crippen molar-refractivity contribution in [1.29, 1.82) is 0 Å². The quantitative estimate of drug-likeness (QED) is 0.249. The molecule has 2 aromatic heterocycles. The monoisotopic (exact) mass is 424 g/mol. The summed E-state index contributed by atoms with van der Waals surface area (Å²) in [6.07, 6.45) is 4.58. The lowest BCUT2D eigenvalue weighted by Crippen LogP contribution is -2.42. The summed E-state index contributed by atoms with van der Waals surface area (Å²) >= 11 is 1.84. The lowest BCUT2D eigenvalue weighted by Gasteiger charge is -2.25. The molecule has 3 heterocycles. The zero-order valence-corrected chi connectivity index (χ0v) is 18.1. The van der Waals surface area contributed by atoms with Crippen molar-refractivity contribution in [1.82, 2.24) is 25.4 Å². The molecule has 1 aromatic carbocycles. The van der Waals surface area contributed by atoms with Crippen molar-refractivity contribution in [3.8, 4) is 0 Å². The number of thioether (sulfide) groups is 1. The van der Waals surface area contributed by atoms with Gasteiger partial charge >= 0.3 is 0 Å². The summed E-state index contributed by atoms with van der Waals surface area (Å²) in [6.45, 7) is 4.36. The maximum Gasteiger partial charge on any atom is 0.191 e. The van der Waals surface area contributed by atoms with E-state index >= 15 is 0 Å². The highest BCUT2D eigenvalue weighted by molar-refractivity contribution is 7.99. The molecule has 1 aliphatic heterocycles. The maximum atomic E-state index is 5.43. The predicted molar refractivity (Wildman–Crippen MR) is 120 cm³/mol. The van der Waals surface area contributed by atoms with Gasteiger partial charge in [0.05, 0.1) is 12.3 Å². The second-order valence-electron chi connectivity index (χ2n) is 7.23. The first-order chi connectivity index (χ1) is 14.8. The predicted octanol–water partition coefficient (Wildman–Crippen LogP) is 3.58. The highest BCUT2D eigenvalue weighted by atomic mass is 32.2. The third kappa shape index (κ3) is 5.66. The fourth-order valence-corrected chi connectivity index (χ4v) is 4.30. The minimum Gasteiger partial charge on any atom is -0.469 e. The Labute approximate surface area is 181 Å². The van der Waals surface area contributed by atoms with Crippen LogP contribution in [0.15, 0.2) is 63.0 Å². The van der Waals surface area contributed by atoms with E-state index in [0.29, 0.717) is 6.54 Å². The van der Waals surface area contributed by atoms with E-state index in [-0.39, 0.29) is 6.04 Å². The molecule has 1 aliphatic rings. The molecule has 0 aliphatic carbocycles. The van der Waals surface area contributed by atoms with Gasteiger partial charge in [-0.1, -0.05) is 18.2 Å². The first-order valence-corrected chi connectivity index (χ1v) is 11.4. The molecular formula is C22H28N6OS. The molecule has 0 saturated heterocycles. The number of nitrogens with one attached hydrogen (secondary N) is 2. The van der Waals surface area contributed by atoms with Gasteiger partial charge in [0.25, 0.3) is 0 Å².